The van der Waals surface area contributed by atoms with Crippen LogP contribution in [0.5, 0.6) is 0 Å². The van der Waals surface area contributed by atoms with Gasteiger partial charge < -0.3 is 5.32 Å². The lowest BCUT2D eigenvalue weighted by atomic mass is 10.3. The van der Waals surface area contributed by atoms with Crippen LogP contribution in [0.25, 0.3) is 0 Å². The summed E-state index contributed by atoms with van der Waals surface area (Å²) in [4.78, 5) is 7.74. The molecule has 0 amide bonds. The monoisotopic (exact) mass is 240 g/mol. The van der Waals surface area contributed by atoms with Gasteiger partial charge >= 0.3 is 0 Å². The van der Waals surface area contributed by atoms with Gasteiger partial charge in [-0.15, -0.1) is 0 Å². The fraction of sp³-hybridized carbons (Fsp3) is 0.444. The molecule has 0 aliphatic carbocycles. The third-order valence-electron chi connectivity index (χ3n) is 1.74. The van der Waals surface area contributed by atoms with E-state index in [0.717, 1.165) is 6.26 Å². The number of hydrogen-bond donors (Lipinski definition) is 1. The molecular formula is C9H12N4O2S. The van der Waals surface area contributed by atoms with Crippen LogP contribution < -0.4 is 5.32 Å². The van der Waals surface area contributed by atoms with Crippen LogP contribution in [0, 0.1) is 11.3 Å². The summed E-state index contributed by atoms with van der Waals surface area (Å²) in [6.45, 7) is 1.71. The van der Waals surface area contributed by atoms with E-state index in [1.807, 2.05) is 6.07 Å². The van der Waals surface area contributed by atoms with Gasteiger partial charge in [0, 0.05) is 24.7 Å². The highest BCUT2D eigenvalue weighted by atomic mass is 32.2. The molecule has 0 bridgehead atoms. The van der Waals surface area contributed by atoms with Crippen LogP contribution in [0.3, 0.4) is 0 Å². The predicted octanol–water partition coefficient (Wildman–Crippen LogP) is 0.193. The van der Waals surface area contributed by atoms with Gasteiger partial charge in [-0.25, -0.2) is 18.4 Å². The zero-order valence-corrected chi connectivity index (χ0v) is 9.82. The van der Waals surface area contributed by atoms with Gasteiger partial charge in [0.05, 0.1) is 5.75 Å². The van der Waals surface area contributed by atoms with Gasteiger partial charge in [-0.05, 0) is 6.92 Å². The van der Waals surface area contributed by atoms with E-state index in [4.69, 9.17) is 5.26 Å². The molecule has 1 rings (SSSR count). The van der Waals surface area contributed by atoms with Crippen molar-refractivity contribution in [3.63, 3.8) is 0 Å². The molecule has 1 atom stereocenters. The normalized spacial score (nSPS) is 12.8. The van der Waals surface area contributed by atoms with Gasteiger partial charge in [-0.2, -0.15) is 5.26 Å². The van der Waals surface area contributed by atoms with Crippen LogP contribution in [0.4, 0.5) is 5.82 Å². The van der Waals surface area contributed by atoms with Gasteiger partial charge in [-0.3, -0.25) is 0 Å². The quantitative estimate of drug-likeness (QED) is 0.807. The van der Waals surface area contributed by atoms with Crippen molar-refractivity contribution in [1.82, 2.24) is 9.97 Å². The molecule has 86 valence electrons. The van der Waals surface area contributed by atoms with Crippen LogP contribution in [0.1, 0.15) is 12.6 Å². The number of hydrogen-bond acceptors (Lipinski definition) is 6. The summed E-state index contributed by atoms with van der Waals surface area (Å²) >= 11 is 0. The molecule has 1 aromatic rings. The first-order valence-corrected chi connectivity index (χ1v) is 6.64. The molecule has 0 radical (unpaired) electrons. The number of sulfone groups is 1. The lowest BCUT2D eigenvalue weighted by molar-refractivity contribution is 0.598. The number of rotatable bonds is 4. The Balaban J connectivity index is 2.78. The largest absolute Gasteiger partial charge is 0.364 e. The van der Waals surface area contributed by atoms with E-state index in [9.17, 15) is 8.42 Å². The maximum atomic E-state index is 11.0. The average molecular weight is 240 g/mol. The summed E-state index contributed by atoms with van der Waals surface area (Å²) in [6.07, 6.45) is 4.01. The molecule has 1 N–H and O–H groups in total. The second-order valence-electron chi connectivity index (χ2n) is 3.50. The van der Waals surface area contributed by atoms with E-state index in [-0.39, 0.29) is 17.5 Å². The van der Waals surface area contributed by atoms with Crippen molar-refractivity contribution in [2.45, 2.75) is 13.0 Å². The molecule has 1 unspecified atom stereocenters. The first-order chi connectivity index (χ1) is 7.42. The maximum Gasteiger partial charge on any atom is 0.182 e. The van der Waals surface area contributed by atoms with E-state index in [0.29, 0.717) is 5.82 Å². The Morgan fingerprint density at radius 1 is 1.50 bits per heavy atom. The second-order valence-corrected chi connectivity index (χ2v) is 5.69. The van der Waals surface area contributed by atoms with Crippen molar-refractivity contribution < 1.29 is 8.42 Å². The minimum atomic E-state index is -3.06. The Morgan fingerprint density at radius 3 is 2.69 bits per heavy atom. The van der Waals surface area contributed by atoms with E-state index < -0.39 is 9.84 Å². The predicted molar refractivity (Wildman–Crippen MR) is 59.5 cm³/mol. The fourth-order valence-corrected chi connectivity index (χ4v) is 2.25. The topological polar surface area (TPSA) is 95.7 Å². The van der Waals surface area contributed by atoms with Crippen LogP contribution in [-0.4, -0.2) is 36.4 Å². The van der Waals surface area contributed by atoms with Crippen molar-refractivity contribution in [2.75, 3.05) is 17.3 Å². The third kappa shape index (κ3) is 3.82. The summed E-state index contributed by atoms with van der Waals surface area (Å²) in [5.41, 5.74) is 0.155. The highest BCUT2D eigenvalue weighted by molar-refractivity contribution is 7.90. The highest BCUT2D eigenvalue weighted by Gasteiger charge is 2.12. The summed E-state index contributed by atoms with van der Waals surface area (Å²) in [5, 5.41) is 11.6. The summed E-state index contributed by atoms with van der Waals surface area (Å²) in [5.74, 6) is 0.287. The molecule has 1 heterocycles. The lowest BCUT2D eigenvalue weighted by Crippen LogP contribution is -2.26. The Labute approximate surface area is 94.3 Å². The van der Waals surface area contributed by atoms with Gasteiger partial charge in [0.1, 0.15) is 15.9 Å². The molecule has 0 aliphatic heterocycles. The molecule has 0 saturated carbocycles. The molecular weight excluding hydrogens is 228 g/mol. The molecule has 7 heteroatoms. The van der Waals surface area contributed by atoms with Crippen LogP contribution in [0.15, 0.2) is 12.4 Å². The Hall–Kier alpha value is -1.68. The molecule has 0 aromatic carbocycles. The minimum Gasteiger partial charge on any atom is -0.364 e. The van der Waals surface area contributed by atoms with E-state index in [1.54, 1.807) is 6.92 Å². The Kier molecular flexibility index (Phi) is 3.79. The first kappa shape index (κ1) is 12.4. The van der Waals surface area contributed by atoms with Gasteiger partial charge in [0.2, 0.25) is 0 Å². The van der Waals surface area contributed by atoms with Gasteiger partial charge in [0.25, 0.3) is 0 Å². The molecule has 0 fully saturated rings. The number of aromatic nitrogens is 2. The number of nitrogens with zero attached hydrogens (tertiary/aromatic N) is 3. The van der Waals surface area contributed by atoms with Crippen molar-refractivity contribution in [3.8, 4) is 6.07 Å². The average Bonchev–Trinajstić information content (AvgIpc) is 2.15. The molecule has 16 heavy (non-hydrogen) atoms. The van der Waals surface area contributed by atoms with Crippen molar-refractivity contribution >= 4 is 15.7 Å². The maximum absolute atomic E-state index is 11.0. The van der Waals surface area contributed by atoms with Gasteiger partial charge in [-0.1, -0.05) is 0 Å². The second kappa shape index (κ2) is 4.90. The molecule has 0 aliphatic rings. The van der Waals surface area contributed by atoms with Crippen molar-refractivity contribution in [1.29, 1.82) is 5.26 Å². The summed E-state index contributed by atoms with van der Waals surface area (Å²) in [7, 11) is -3.06. The Morgan fingerprint density at radius 2 is 2.12 bits per heavy atom. The molecule has 6 nitrogen and oxygen atoms in total. The number of nitriles is 1. The van der Waals surface area contributed by atoms with Gasteiger partial charge in [0.15, 0.2) is 11.5 Å². The van der Waals surface area contributed by atoms with E-state index in [1.165, 1.54) is 12.4 Å². The summed E-state index contributed by atoms with van der Waals surface area (Å²) in [6, 6.07) is 1.56. The van der Waals surface area contributed by atoms with Crippen molar-refractivity contribution in [2.24, 2.45) is 0 Å². The van der Waals surface area contributed by atoms with E-state index >= 15 is 0 Å². The standard InChI is InChI=1S/C9H12N4O2S/c1-7(6-16(2,14)15)13-9-8(5-10)11-3-4-12-9/h3-4,7H,6H2,1-2H3,(H,12,13). The number of nitrogens with one attached hydrogen (secondary N) is 1. The molecule has 1 aromatic heterocycles. The minimum absolute atomic E-state index is 0.0194. The summed E-state index contributed by atoms with van der Waals surface area (Å²) < 4.78 is 22.1. The third-order valence-corrected chi connectivity index (χ3v) is 2.85. The fourth-order valence-electron chi connectivity index (χ4n) is 1.25. The Bertz CT molecular complexity index is 506. The SMILES string of the molecule is CC(CS(C)(=O)=O)Nc1nccnc1C#N. The first-order valence-electron chi connectivity index (χ1n) is 4.58. The van der Waals surface area contributed by atoms with Crippen LogP contribution >= 0.6 is 0 Å². The zero-order chi connectivity index (χ0) is 12.2. The lowest BCUT2D eigenvalue weighted by Gasteiger charge is -2.13. The van der Waals surface area contributed by atoms with Crippen molar-refractivity contribution in [3.05, 3.63) is 18.1 Å². The smallest absolute Gasteiger partial charge is 0.182 e. The molecule has 0 spiro atoms. The van der Waals surface area contributed by atoms with Crippen LogP contribution in [-0.2, 0) is 9.84 Å². The van der Waals surface area contributed by atoms with Crippen LogP contribution in [0.2, 0.25) is 0 Å². The zero-order valence-electron chi connectivity index (χ0n) is 9.01. The van der Waals surface area contributed by atoms with E-state index in [2.05, 4.69) is 15.3 Å². The highest BCUT2D eigenvalue weighted by Crippen LogP contribution is 2.08. The molecule has 0 saturated heterocycles. The number of anilines is 1.